The highest BCUT2D eigenvalue weighted by atomic mass is 32.2. The van der Waals surface area contributed by atoms with Crippen LogP contribution in [0.25, 0.3) is 0 Å². The summed E-state index contributed by atoms with van der Waals surface area (Å²) in [6, 6.07) is 0. The summed E-state index contributed by atoms with van der Waals surface area (Å²) in [7, 11) is 0. The summed E-state index contributed by atoms with van der Waals surface area (Å²) in [5, 5.41) is 0.756. The lowest BCUT2D eigenvalue weighted by molar-refractivity contribution is -0.116. The molecule has 0 saturated heterocycles. The molecule has 0 amide bonds. The van der Waals surface area contributed by atoms with Crippen LogP contribution in [0.1, 0.15) is 44.9 Å². The molecule has 0 aromatic rings. The summed E-state index contributed by atoms with van der Waals surface area (Å²) >= 11 is 1.85. The summed E-state index contributed by atoms with van der Waals surface area (Å²) in [4.78, 5) is 11.4. The molecule has 0 spiro atoms. The highest BCUT2D eigenvalue weighted by molar-refractivity contribution is 8.00. The van der Waals surface area contributed by atoms with Crippen LogP contribution in [0.4, 0.5) is 0 Å². The minimum atomic E-state index is 0.372. The Balaban J connectivity index is 2.00. The number of unbranched alkanes of at least 4 members (excludes halogenated alkanes) is 1. The van der Waals surface area contributed by atoms with Crippen molar-refractivity contribution in [2.45, 2.75) is 50.2 Å². The van der Waals surface area contributed by atoms with Gasteiger partial charge in [0.1, 0.15) is 5.78 Å². The van der Waals surface area contributed by atoms with Gasteiger partial charge in [-0.05, 0) is 19.3 Å². The molecule has 0 atom stereocenters. The second kappa shape index (κ2) is 6.95. The Morgan fingerprint density at radius 1 is 1.43 bits per heavy atom. The van der Waals surface area contributed by atoms with Gasteiger partial charge in [0.05, 0.1) is 5.75 Å². The van der Waals surface area contributed by atoms with E-state index in [1.165, 1.54) is 25.7 Å². The Kier molecular flexibility index (Phi) is 5.78. The lowest BCUT2D eigenvalue weighted by Crippen LogP contribution is -2.05. The highest BCUT2D eigenvalue weighted by Gasteiger charge is 2.16. The topological polar surface area (TPSA) is 17.1 Å². The first-order valence-electron chi connectivity index (χ1n) is 5.39. The van der Waals surface area contributed by atoms with Crippen molar-refractivity contribution in [3.63, 3.8) is 0 Å². The van der Waals surface area contributed by atoms with Gasteiger partial charge in [0.15, 0.2) is 0 Å². The van der Waals surface area contributed by atoms with Crippen LogP contribution >= 0.6 is 11.8 Å². The van der Waals surface area contributed by atoms with Crippen LogP contribution in [0.3, 0.4) is 0 Å². The van der Waals surface area contributed by atoms with Crippen molar-refractivity contribution in [2.75, 3.05) is 5.75 Å². The van der Waals surface area contributed by atoms with Gasteiger partial charge in [-0.25, -0.2) is 0 Å². The molecule has 0 bridgehead atoms. The Morgan fingerprint density at radius 3 is 2.79 bits per heavy atom. The van der Waals surface area contributed by atoms with Gasteiger partial charge in [-0.1, -0.05) is 12.8 Å². The quantitative estimate of drug-likeness (QED) is 0.495. The zero-order valence-electron chi connectivity index (χ0n) is 8.63. The normalized spacial score (nSPS) is 16.8. The van der Waals surface area contributed by atoms with Gasteiger partial charge >= 0.3 is 0 Å². The van der Waals surface area contributed by atoms with Crippen molar-refractivity contribution in [3.8, 4) is 12.3 Å². The number of carbonyl (C=O) groups is 1. The van der Waals surface area contributed by atoms with E-state index < -0.39 is 0 Å². The predicted molar refractivity (Wildman–Crippen MR) is 62.4 cm³/mol. The average Bonchev–Trinajstić information content (AvgIpc) is 2.68. The molecule has 0 aromatic carbocycles. The molecule has 0 unspecified atom stereocenters. The zero-order chi connectivity index (χ0) is 10.2. The van der Waals surface area contributed by atoms with Gasteiger partial charge in [-0.3, -0.25) is 4.79 Å². The number of terminal acetylenes is 1. The number of hydrogen-bond donors (Lipinski definition) is 0. The second-order valence-electron chi connectivity index (χ2n) is 3.81. The lowest BCUT2D eigenvalue weighted by atomic mass is 10.2. The minimum absolute atomic E-state index is 0.372. The third-order valence-corrected chi connectivity index (χ3v) is 3.99. The van der Waals surface area contributed by atoms with Crippen LogP contribution in [0.2, 0.25) is 0 Å². The molecule has 0 aromatic heterocycles. The maximum atomic E-state index is 11.4. The molecule has 78 valence electrons. The van der Waals surface area contributed by atoms with Gasteiger partial charge in [0.25, 0.3) is 0 Å². The first-order chi connectivity index (χ1) is 6.83. The van der Waals surface area contributed by atoms with Crippen LogP contribution in [-0.2, 0) is 4.79 Å². The number of hydrogen-bond acceptors (Lipinski definition) is 2. The van der Waals surface area contributed by atoms with Crippen LogP contribution in [-0.4, -0.2) is 16.8 Å². The maximum Gasteiger partial charge on any atom is 0.142 e. The molecule has 1 saturated carbocycles. The van der Waals surface area contributed by atoms with Gasteiger partial charge in [0.2, 0.25) is 0 Å². The SMILES string of the molecule is C#CCCCC(=O)CSC1CCCC1. The van der Waals surface area contributed by atoms with E-state index in [0.29, 0.717) is 18.0 Å². The molecule has 0 radical (unpaired) electrons. The number of Topliss-reactive ketones (excluding diaryl/α,β-unsaturated/α-hetero) is 1. The molecule has 1 aliphatic rings. The molecule has 1 nitrogen and oxygen atoms in total. The second-order valence-corrected chi connectivity index (χ2v) is 5.10. The fourth-order valence-electron chi connectivity index (χ4n) is 1.73. The molecule has 1 aliphatic carbocycles. The Hall–Kier alpha value is -0.420. The van der Waals surface area contributed by atoms with E-state index in [9.17, 15) is 4.79 Å². The van der Waals surface area contributed by atoms with Crippen molar-refractivity contribution in [3.05, 3.63) is 0 Å². The molecule has 0 heterocycles. The van der Waals surface area contributed by atoms with E-state index in [0.717, 1.165) is 18.1 Å². The largest absolute Gasteiger partial charge is 0.299 e. The van der Waals surface area contributed by atoms with Crippen molar-refractivity contribution in [1.29, 1.82) is 0 Å². The standard InChI is InChI=1S/C12H18OS/c1-2-3-4-7-11(13)10-14-12-8-5-6-9-12/h1,12H,3-10H2. The van der Waals surface area contributed by atoms with Crippen LogP contribution < -0.4 is 0 Å². The smallest absolute Gasteiger partial charge is 0.142 e. The first kappa shape index (κ1) is 11.7. The molecular weight excluding hydrogens is 192 g/mol. The molecule has 1 fully saturated rings. The molecule has 14 heavy (non-hydrogen) atoms. The van der Waals surface area contributed by atoms with Crippen molar-refractivity contribution in [1.82, 2.24) is 0 Å². The first-order valence-corrected chi connectivity index (χ1v) is 6.44. The van der Waals surface area contributed by atoms with Crippen molar-refractivity contribution < 1.29 is 4.79 Å². The predicted octanol–water partition coefficient (Wildman–Crippen LogP) is 3.03. The molecule has 0 aliphatic heterocycles. The monoisotopic (exact) mass is 210 g/mol. The molecule has 1 rings (SSSR count). The maximum absolute atomic E-state index is 11.4. The fourth-order valence-corrected chi connectivity index (χ4v) is 2.96. The summed E-state index contributed by atoms with van der Waals surface area (Å²) in [6.45, 7) is 0. The average molecular weight is 210 g/mol. The fraction of sp³-hybridized carbons (Fsp3) is 0.750. The number of rotatable bonds is 6. The van der Waals surface area contributed by atoms with E-state index in [1.54, 1.807) is 0 Å². The van der Waals surface area contributed by atoms with Gasteiger partial charge in [-0.2, -0.15) is 11.8 Å². The van der Waals surface area contributed by atoms with Gasteiger partial charge in [-0.15, -0.1) is 12.3 Å². The van der Waals surface area contributed by atoms with Gasteiger partial charge < -0.3 is 0 Å². The Morgan fingerprint density at radius 2 is 2.14 bits per heavy atom. The number of ketones is 1. The van der Waals surface area contributed by atoms with Crippen LogP contribution in [0.5, 0.6) is 0 Å². The third kappa shape index (κ3) is 4.72. The molecule has 2 heteroatoms. The van der Waals surface area contributed by atoms with Crippen LogP contribution in [0.15, 0.2) is 0 Å². The van der Waals surface area contributed by atoms with E-state index in [4.69, 9.17) is 6.42 Å². The van der Waals surface area contributed by atoms with Crippen molar-refractivity contribution in [2.24, 2.45) is 0 Å². The van der Waals surface area contributed by atoms with E-state index in [1.807, 2.05) is 11.8 Å². The lowest BCUT2D eigenvalue weighted by Gasteiger charge is -2.06. The van der Waals surface area contributed by atoms with Crippen molar-refractivity contribution >= 4 is 17.5 Å². The summed E-state index contributed by atoms with van der Waals surface area (Å²) < 4.78 is 0. The molecular formula is C12H18OS. The highest BCUT2D eigenvalue weighted by Crippen LogP contribution is 2.29. The number of carbonyl (C=O) groups excluding carboxylic acids is 1. The van der Waals surface area contributed by atoms with Gasteiger partial charge in [0, 0.05) is 18.1 Å². The Labute approximate surface area is 91.0 Å². The summed E-state index contributed by atoms with van der Waals surface area (Å²) in [5.74, 6) is 3.64. The van der Waals surface area contributed by atoms with Crippen LogP contribution in [0, 0.1) is 12.3 Å². The summed E-state index contributed by atoms with van der Waals surface area (Å²) in [6.07, 6.45) is 12.7. The third-order valence-electron chi connectivity index (χ3n) is 2.56. The Bertz CT molecular complexity index is 211. The van der Waals surface area contributed by atoms with E-state index >= 15 is 0 Å². The zero-order valence-corrected chi connectivity index (χ0v) is 9.44. The summed E-state index contributed by atoms with van der Waals surface area (Å²) in [5.41, 5.74) is 0. The van der Waals surface area contributed by atoms with E-state index in [2.05, 4.69) is 5.92 Å². The number of thioether (sulfide) groups is 1. The minimum Gasteiger partial charge on any atom is -0.299 e. The molecule has 0 N–H and O–H groups in total. The van der Waals surface area contributed by atoms with E-state index in [-0.39, 0.29) is 0 Å².